The monoisotopic (exact) mass is 272 g/mol. The van der Waals surface area contributed by atoms with E-state index in [0.717, 1.165) is 38.8 Å². The van der Waals surface area contributed by atoms with Crippen LogP contribution in [0.1, 0.15) is 45.1 Å². The molecule has 0 aromatic carbocycles. The molecule has 2 nitrogen and oxygen atoms in total. The smallest absolute Gasteiger partial charge is 0.170 e. The van der Waals surface area contributed by atoms with Crippen molar-refractivity contribution in [1.29, 1.82) is 0 Å². The summed E-state index contributed by atoms with van der Waals surface area (Å²) < 4.78 is 14.2. The van der Waals surface area contributed by atoms with Crippen molar-refractivity contribution in [2.45, 2.75) is 45.4 Å². The van der Waals surface area contributed by atoms with E-state index < -0.39 is 0 Å². The Labute approximate surface area is 114 Å². The van der Waals surface area contributed by atoms with Gasteiger partial charge in [-0.05, 0) is 18.9 Å². The molecule has 0 fully saturated rings. The number of alkyl halides is 1. The van der Waals surface area contributed by atoms with Crippen LogP contribution in [0.4, 0.5) is 10.2 Å². The lowest BCUT2D eigenvalue weighted by Gasteiger charge is -2.24. The van der Waals surface area contributed by atoms with Crippen LogP contribution in [-0.4, -0.2) is 18.1 Å². The minimum absolute atomic E-state index is 0.191. The highest BCUT2D eigenvalue weighted by atomic mass is 35.5. The lowest BCUT2D eigenvalue weighted by atomic mass is 10.2. The molecular weight excluding hydrogens is 251 g/mol. The summed E-state index contributed by atoms with van der Waals surface area (Å²) in [6.45, 7) is 5.98. The fourth-order valence-corrected chi connectivity index (χ4v) is 2.02. The molecule has 0 unspecified atom stereocenters. The van der Waals surface area contributed by atoms with Crippen LogP contribution in [0.2, 0.25) is 0 Å². The van der Waals surface area contributed by atoms with Gasteiger partial charge in [0.2, 0.25) is 0 Å². The number of pyridine rings is 1. The molecule has 0 spiro atoms. The Kier molecular flexibility index (Phi) is 7.02. The van der Waals surface area contributed by atoms with Crippen molar-refractivity contribution in [3.05, 3.63) is 23.6 Å². The summed E-state index contributed by atoms with van der Waals surface area (Å²) in [7, 11) is 0. The second-order valence-electron chi connectivity index (χ2n) is 4.44. The van der Waals surface area contributed by atoms with Gasteiger partial charge in [0.25, 0.3) is 0 Å². The van der Waals surface area contributed by atoms with E-state index >= 15 is 0 Å². The van der Waals surface area contributed by atoms with Gasteiger partial charge < -0.3 is 4.90 Å². The predicted molar refractivity (Wildman–Crippen MR) is 75.8 cm³/mol. The fourth-order valence-electron chi connectivity index (χ4n) is 1.82. The zero-order valence-electron chi connectivity index (χ0n) is 11.3. The summed E-state index contributed by atoms with van der Waals surface area (Å²) in [5.41, 5.74) is 0.527. The molecule has 1 aromatic rings. The normalized spacial score (nSPS) is 10.7. The van der Waals surface area contributed by atoms with E-state index in [2.05, 4.69) is 18.8 Å². The Morgan fingerprint density at radius 2 is 1.83 bits per heavy atom. The highest BCUT2D eigenvalue weighted by Gasteiger charge is 2.15. The van der Waals surface area contributed by atoms with E-state index in [9.17, 15) is 4.39 Å². The Morgan fingerprint density at radius 1 is 1.22 bits per heavy atom. The van der Waals surface area contributed by atoms with E-state index in [1.165, 1.54) is 0 Å². The summed E-state index contributed by atoms with van der Waals surface area (Å²) in [6, 6.07) is 1.64. The van der Waals surface area contributed by atoms with Crippen LogP contribution in [0.5, 0.6) is 0 Å². The SMILES string of the molecule is CCCCN(CCCC)c1nccc(CCl)c1F. The molecule has 0 bridgehead atoms. The van der Waals surface area contributed by atoms with Gasteiger partial charge >= 0.3 is 0 Å². The molecule has 1 rings (SSSR count). The lowest BCUT2D eigenvalue weighted by Crippen LogP contribution is -2.27. The van der Waals surface area contributed by atoms with Gasteiger partial charge in [0, 0.05) is 24.8 Å². The number of unbranched alkanes of at least 4 members (excludes halogenated alkanes) is 2. The minimum Gasteiger partial charge on any atom is -0.354 e. The number of anilines is 1. The first-order chi connectivity index (χ1) is 8.74. The van der Waals surface area contributed by atoms with E-state index in [1.807, 2.05) is 4.90 Å². The lowest BCUT2D eigenvalue weighted by molar-refractivity contribution is 0.587. The molecule has 0 saturated heterocycles. The van der Waals surface area contributed by atoms with Gasteiger partial charge in [0.1, 0.15) is 0 Å². The molecule has 0 N–H and O–H groups in total. The van der Waals surface area contributed by atoms with Gasteiger partial charge in [0.05, 0.1) is 5.88 Å². The molecule has 0 aliphatic carbocycles. The third-order valence-corrected chi connectivity index (χ3v) is 3.25. The standard InChI is InChI=1S/C14H22ClFN2/c1-3-5-9-18(10-6-4-2)14-13(16)12(11-15)7-8-17-14/h7-8H,3-6,9-11H2,1-2H3. The predicted octanol–water partition coefficient (Wildman–Crippen LogP) is 4.37. The molecule has 0 amide bonds. The largest absolute Gasteiger partial charge is 0.354 e. The van der Waals surface area contributed by atoms with Crippen molar-refractivity contribution in [1.82, 2.24) is 4.98 Å². The first-order valence-electron chi connectivity index (χ1n) is 6.68. The van der Waals surface area contributed by atoms with E-state index in [4.69, 9.17) is 11.6 Å². The Morgan fingerprint density at radius 3 is 2.33 bits per heavy atom. The molecule has 0 radical (unpaired) electrons. The minimum atomic E-state index is -0.264. The van der Waals surface area contributed by atoms with Gasteiger partial charge in [-0.15, -0.1) is 11.6 Å². The molecule has 0 aliphatic rings. The highest BCUT2D eigenvalue weighted by Crippen LogP contribution is 2.21. The van der Waals surface area contributed by atoms with Crippen molar-refractivity contribution >= 4 is 17.4 Å². The van der Waals surface area contributed by atoms with E-state index in [0.29, 0.717) is 11.4 Å². The van der Waals surface area contributed by atoms with Gasteiger partial charge in [-0.1, -0.05) is 26.7 Å². The molecule has 1 heterocycles. The zero-order valence-corrected chi connectivity index (χ0v) is 12.0. The second-order valence-corrected chi connectivity index (χ2v) is 4.70. The second kappa shape index (κ2) is 8.30. The summed E-state index contributed by atoms with van der Waals surface area (Å²) >= 11 is 5.73. The summed E-state index contributed by atoms with van der Waals surface area (Å²) in [6.07, 6.45) is 5.94. The topological polar surface area (TPSA) is 16.1 Å². The molecule has 0 aliphatic heterocycles. The van der Waals surface area contributed by atoms with Crippen molar-refractivity contribution in [2.75, 3.05) is 18.0 Å². The van der Waals surface area contributed by atoms with Crippen LogP contribution < -0.4 is 4.90 Å². The number of rotatable bonds is 8. The van der Waals surface area contributed by atoms with Crippen LogP contribution in [0.25, 0.3) is 0 Å². The fraction of sp³-hybridized carbons (Fsp3) is 0.643. The van der Waals surface area contributed by atoms with Crippen LogP contribution in [0.3, 0.4) is 0 Å². The number of aromatic nitrogens is 1. The zero-order chi connectivity index (χ0) is 13.4. The molecular formula is C14H22ClFN2. The molecule has 18 heavy (non-hydrogen) atoms. The number of halogens is 2. The maximum absolute atomic E-state index is 14.2. The van der Waals surface area contributed by atoms with E-state index in [1.54, 1.807) is 12.3 Å². The summed E-state index contributed by atoms with van der Waals surface area (Å²) in [4.78, 5) is 6.23. The van der Waals surface area contributed by atoms with Crippen molar-refractivity contribution in [2.24, 2.45) is 0 Å². The molecule has 1 aromatic heterocycles. The van der Waals surface area contributed by atoms with Gasteiger partial charge in [-0.3, -0.25) is 0 Å². The average Bonchev–Trinajstić information content (AvgIpc) is 2.40. The number of nitrogens with zero attached hydrogens (tertiary/aromatic N) is 2. The first-order valence-corrected chi connectivity index (χ1v) is 7.22. The van der Waals surface area contributed by atoms with Crippen molar-refractivity contribution in [3.63, 3.8) is 0 Å². The molecule has 0 saturated carbocycles. The highest BCUT2D eigenvalue weighted by molar-refractivity contribution is 6.17. The average molecular weight is 273 g/mol. The summed E-state index contributed by atoms with van der Waals surface area (Å²) in [5, 5.41) is 0. The van der Waals surface area contributed by atoms with Gasteiger partial charge in [-0.25, -0.2) is 9.37 Å². The molecule has 0 atom stereocenters. The quantitative estimate of drug-likeness (QED) is 0.654. The van der Waals surface area contributed by atoms with E-state index in [-0.39, 0.29) is 11.7 Å². The summed E-state index contributed by atoms with van der Waals surface area (Å²) in [5.74, 6) is 0.381. The van der Waals surface area contributed by atoms with Crippen LogP contribution in [-0.2, 0) is 5.88 Å². The van der Waals surface area contributed by atoms with Crippen LogP contribution >= 0.6 is 11.6 Å². The Bertz CT molecular complexity index is 350. The van der Waals surface area contributed by atoms with Crippen LogP contribution in [0.15, 0.2) is 12.3 Å². The van der Waals surface area contributed by atoms with Crippen molar-refractivity contribution < 1.29 is 4.39 Å². The van der Waals surface area contributed by atoms with Crippen molar-refractivity contribution in [3.8, 4) is 0 Å². The number of hydrogen-bond donors (Lipinski definition) is 0. The number of hydrogen-bond acceptors (Lipinski definition) is 2. The third-order valence-electron chi connectivity index (χ3n) is 2.96. The molecule has 102 valence electrons. The maximum atomic E-state index is 14.2. The molecule has 4 heteroatoms. The Hall–Kier alpha value is -0.830. The van der Waals surface area contributed by atoms with Gasteiger partial charge in [0.15, 0.2) is 11.6 Å². The van der Waals surface area contributed by atoms with Crippen LogP contribution in [0, 0.1) is 5.82 Å². The maximum Gasteiger partial charge on any atom is 0.170 e. The Balaban J connectivity index is 2.88. The first kappa shape index (κ1) is 15.2. The third kappa shape index (κ3) is 4.13. The van der Waals surface area contributed by atoms with Gasteiger partial charge in [-0.2, -0.15) is 0 Å².